The van der Waals surface area contributed by atoms with Gasteiger partial charge < -0.3 is 10.3 Å². The fraction of sp³-hybridized carbons (Fsp3) is 0.250. The minimum atomic E-state index is 0.0449. The van der Waals surface area contributed by atoms with Gasteiger partial charge in [0.2, 0.25) is 5.91 Å². The SMILES string of the molecule is O=C(CCc1c[nH]c2ccccc12)NCCn1cc(Cl)cn1. The average molecular weight is 317 g/mol. The summed E-state index contributed by atoms with van der Waals surface area (Å²) in [5.41, 5.74) is 2.28. The van der Waals surface area contributed by atoms with Crippen LogP contribution in [-0.2, 0) is 17.8 Å². The van der Waals surface area contributed by atoms with Crippen molar-refractivity contribution in [3.63, 3.8) is 0 Å². The molecule has 0 saturated heterocycles. The Morgan fingerprint density at radius 2 is 2.23 bits per heavy atom. The van der Waals surface area contributed by atoms with Gasteiger partial charge in [0, 0.05) is 36.3 Å². The number of nitrogens with zero attached hydrogens (tertiary/aromatic N) is 2. The normalized spacial score (nSPS) is 11.0. The van der Waals surface area contributed by atoms with Gasteiger partial charge in [0.05, 0.1) is 17.8 Å². The Balaban J connectivity index is 1.46. The summed E-state index contributed by atoms with van der Waals surface area (Å²) < 4.78 is 1.71. The van der Waals surface area contributed by atoms with E-state index in [2.05, 4.69) is 21.5 Å². The summed E-state index contributed by atoms with van der Waals surface area (Å²) >= 11 is 5.78. The lowest BCUT2D eigenvalue weighted by Gasteiger charge is -2.05. The van der Waals surface area contributed by atoms with Crippen molar-refractivity contribution in [3.05, 3.63) is 53.4 Å². The fourth-order valence-corrected chi connectivity index (χ4v) is 2.60. The standard InChI is InChI=1S/C16H17ClN4O/c17-13-10-20-21(11-13)8-7-18-16(22)6-5-12-9-19-15-4-2-1-3-14(12)15/h1-4,9-11,19H,5-8H2,(H,18,22). The number of rotatable bonds is 6. The molecule has 3 rings (SSSR count). The number of fused-ring (bicyclic) bond motifs is 1. The lowest BCUT2D eigenvalue weighted by atomic mass is 10.1. The third-order valence-electron chi connectivity index (χ3n) is 3.56. The van der Waals surface area contributed by atoms with Crippen molar-refractivity contribution in [1.29, 1.82) is 0 Å². The molecule has 0 bridgehead atoms. The molecular weight excluding hydrogens is 300 g/mol. The van der Waals surface area contributed by atoms with Gasteiger partial charge in [-0.3, -0.25) is 9.48 Å². The number of carbonyl (C=O) groups is 1. The van der Waals surface area contributed by atoms with Crippen LogP contribution >= 0.6 is 11.6 Å². The Morgan fingerprint density at radius 1 is 1.36 bits per heavy atom. The van der Waals surface area contributed by atoms with Gasteiger partial charge in [-0.2, -0.15) is 5.10 Å². The minimum Gasteiger partial charge on any atom is -0.361 e. The van der Waals surface area contributed by atoms with Gasteiger partial charge in [0.15, 0.2) is 0 Å². The Bertz CT molecular complexity index is 777. The zero-order valence-electron chi connectivity index (χ0n) is 12.1. The highest BCUT2D eigenvalue weighted by atomic mass is 35.5. The molecule has 0 aliphatic carbocycles. The summed E-state index contributed by atoms with van der Waals surface area (Å²) in [5.74, 6) is 0.0449. The van der Waals surface area contributed by atoms with Gasteiger partial charge in [0.25, 0.3) is 0 Å². The number of halogens is 1. The predicted octanol–water partition coefficient (Wildman–Crippen LogP) is 2.77. The smallest absolute Gasteiger partial charge is 0.220 e. The van der Waals surface area contributed by atoms with Gasteiger partial charge in [-0.05, 0) is 18.1 Å². The van der Waals surface area contributed by atoms with Crippen LogP contribution in [0, 0.1) is 0 Å². The number of para-hydroxylation sites is 1. The van der Waals surface area contributed by atoms with E-state index in [1.165, 1.54) is 10.9 Å². The zero-order chi connectivity index (χ0) is 15.4. The molecule has 0 saturated carbocycles. The molecule has 1 amide bonds. The molecule has 114 valence electrons. The molecule has 0 aliphatic heterocycles. The lowest BCUT2D eigenvalue weighted by molar-refractivity contribution is -0.121. The molecule has 2 aromatic heterocycles. The number of hydrogen-bond acceptors (Lipinski definition) is 2. The van der Waals surface area contributed by atoms with Crippen LogP contribution < -0.4 is 5.32 Å². The van der Waals surface area contributed by atoms with Crippen molar-refractivity contribution in [2.24, 2.45) is 0 Å². The van der Waals surface area contributed by atoms with E-state index in [9.17, 15) is 4.79 Å². The first-order valence-corrected chi connectivity index (χ1v) is 7.60. The molecule has 6 heteroatoms. The van der Waals surface area contributed by atoms with Crippen molar-refractivity contribution >= 4 is 28.4 Å². The predicted molar refractivity (Wildman–Crippen MR) is 86.9 cm³/mol. The Hall–Kier alpha value is -2.27. The third kappa shape index (κ3) is 3.49. The molecule has 0 unspecified atom stereocenters. The van der Waals surface area contributed by atoms with E-state index < -0.39 is 0 Å². The molecule has 1 aromatic carbocycles. The number of carbonyl (C=O) groups excluding carboxylic acids is 1. The maximum absolute atomic E-state index is 11.9. The number of amides is 1. The molecule has 2 N–H and O–H groups in total. The van der Waals surface area contributed by atoms with Crippen molar-refractivity contribution < 1.29 is 4.79 Å². The van der Waals surface area contributed by atoms with Crippen molar-refractivity contribution in [2.45, 2.75) is 19.4 Å². The van der Waals surface area contributed by atoms with E-state index in [4.69, 9.17) is 11.6 Å². The fourth-order valence-electron chi connectivity index (χ4n) is 2.45. The highest BCUT2D eigenvalue weighted by molar-refractivity contribution is 6.30. The van der Waals surface area contributed by atoms with E-state index in [0.717, 1.165) is 11.9 Å². The maximum Gasteiger partial charge on any atom is 0.220 e. The van der Waals surface area contributed by atoms with Gasteiger partial charge in [-0.1, -0.05) is 29.8 Å². The van der Waals surface area contributed by atoms with Crippen LogP contribution in [0.4, 0.5) is 0 Å². The lowest BCUT2D eigenvalue weighted by Crippen LogP contribution is -2.27. The van der Waals surface area contributed by atoms with E-state index in [0.29, 0.717) is 24.5 Å². The number of nitrogens with one attached hydrogen (secondary N) is 2. The number of hydrogen-bond donors (Lipinski definition) is 2. The van der Waals surface area contributed by atoms with E-state index in [1.807, 2.05) is 24.4 Å². The summed E-state index contributed by atoms with van der Waals surface area (Å²) in [4.78, 5) is 15.1. The molecule has 3 aromatic rings. The Morgan fingerprint density at radius 3 is 3.05 bits per heavy atom. The van der Waals surface area contributed by atoms with Crippen LogP contribution in [0.1, 0.15) is 12.0 Å². The van der Waals surface area contributed by atoms with Crippen LogP contribution in [0.5, 0.6) is 0 Å². The zero-order valence-corrected chi connectivity index (χ0v) is 12.8. The highest BCUT2D eigenvalue weighted by Gasteiger charge is 2.06. The van der Waals surface area contributed by atoms with Crippen LogP contribution in [0.3, 0.4) is 0 Å². The number of benzene rings is 1. The summed E-state index contributed by atoms with van der Waals surface area (Å²) in [6.07, 6.45) is 6.49. The molecule has 0 atom stereocenters. The highest BCUT2D eigenvalue weighted by Crippen LogP contribution is 2.18. The quantitative estimate of drug-likeness (QED) is 0.734. The molecule has 5 nitrogen and oxygen atoms in total. The second kappa shape index (κ2) is 6.66. The molecule has 2 heterocycles. The van der Waals surface area contributed by atoms with Crippen molar-refractivity contribution in [3.8, 4) is 0 Å². The van der Waals surface area contributed by atoms with Gasteiger partial charge in [0.1, 0.15) is 0 Å². The number of H-pyrrole nitrogens is 1. The van der Waals surface area contributed by atoms with Crippen LogP contribution in [0.25, 0.3) is 10.9 Å². The molecule has 22 heavy (non-hydrogen) atoms. The van der Waals surface area contributed by atoms with Gasteiger partial charge >= 0.3 is 0 Å². The minimum absolute atomic E-state index is 0.0449. The Kier molecular flexibility index (Phi) is 4.44. The summed E-state index contributed by atoms with van der Waals surface area (Å²) in [6.45, 7) is 1.16. The Labute approximate surface area is 133 Å². The average Bonchev–Trinajstić information content (AvgIpc) is 3.11. The first-order chi connectivity index (χ1) is 10.7. The molecule has 0 fully saturated rings. The van der Waals surface area contributed by atoms with Crippen LogP contribution in [0.15, 0.2) is 42.9 Å². The first-order valence-electron chi connectivity index (χ1n) is 7.22. The summed E-state index contributed by atoms with van der Waals surface area (Å²) in [5, 5.41) is 8.74. The second-order valence-electron chi connectivity index (χ2n) is 5.13. The topological polar surface area (TPSA) is 62.7 Å². The number of aromatic nitrogens is 3. The molecule has 0 radical (unpaired) electrons. The second-order valence-corrected chi connectivity index (χ2v) is 5.57. The van der Waals surface area contributed by atoms with Gasteiger partial charge in [-0.25, -0.2) is 0 Å². The third-order valence-corrected chi connectivity index (χ3v) is 3.76. The number of aromatic amines is 1. The van der Waals surface area contributed by atoms with E-state index in [1.54, 1.807) is 17.1 Å². The summed E-state index contributed by atoms with van der Waals surface area (Å²) in [7, 11) is 0. The van der Waals surface area contributed by atoms with Crippen molar-refractivity contribution in [1.82, 2.24) is 20.1 Å². The maximum atomic E-state index is 11.9. The first kappa shape index (κ1) is 14.7. The molecule has 0 spiro atoms. The van der Waals surface area contributed by atoms with Crippen LogP contribution in [0.2, 0.25) is 5.02 Å². The van der Waals surface area contributed by atoms with Crippen LogP contribution in [-0.4, -0.2) is 27.2 Å². The monoisotopic (exact) mass is 316 g/mol. The van der Waals surface area contributed by atoms with E-state index >= 15 is 0 Å². The summed E-state index contributed by atoms with van der Waals surface area (Å²) in [6, 6.07) is 8.11. The van der Waals surface area contributed by atoms with Crippen molar-refractivity contribution in [2.75, 3.05) is 6.54 Å². The van der Waals surface area contributed by atoms with Gasteiger partial charge in [-0.15, -0.1) is 0 Å². The molecular formula is C16H17ClN4O. The number of aryl methyl sites for hydroxylation is 1. The largest absolute Gasteiger partial charge is 0.361 e. The van der Waals surface area contributed by atoms with E-state index in [-0.39, 0.29) is 5.91 Å². The molecule has 0 aliphatic rings.